The molecule has 3 aromatic carbocycles. The van der Waals surface area contributed by atoms with Crippen molar-refractivity contribution >= 4 is 17.5 Å². The first-order chi connectivity index (χ1) is 14.6. The number of benzene rings is 3. The summed E-state index contributed by atoms with van der Waals surface area (Å²) in [6, 6.07) is 21.6. The Morgan fingerprint density at radius 1 is 0.900 bits per heavy atom. The van der Waals surface area contributed by atoms with Crippen molar-refractivity contribution in [3.8, 4) is 11.5 Å². The van der Waals surface area contributed by atoms with Crippen LogP contribution >= 0.6 is 0 Å². The zero-order chi connectivity index (χ0) is 20.9. The number of nitrogens with one attached hydrogen (secondary N) is 2. The zero-order valence-corrected chi connectivity index (χ0v) is 16.6. The molecule has 1 atom stereocenters. The number of hydrogen-bond acceptors (Lipinski definition) is 4. The molecule has 0 fully saturated rings. The SMILES string of the molecule is Cc1ccc(C(=O)NCC2COc3ccccc3O2)cc1NC(=O)c1ccccc1. The first kappa shape index (κ1) is 19.5. The first-order valence-corrected chi connectivity index (χ1v) is 9.74. The van der Waals surface area contributed by atoms with Crippen LogP contribution in [0.5, 0.6) is 11.5 Å². The maximum Gasteiger partial charge on any atom is 0.255 e. The molecule has 0 radical (unpaired) electrons. The summed E-state index contributed by atoms with van der Waals surface area (Å²) in [5.41, 5.74) is 2.49. The molecule has 2 N–H and O–H groups in total. The van der Waals surface area contributed by atoms with Crippen LogP contribution in [0, 0.1) is 6.92 Å². The highest BCUT2D eigenvalue weighted by Gasteiger charge is 2.21. The molecule has 152 valence electrons. The van der Waals surface area contributed by atoms with Gasteiger partial charge >= 0.3 is 0 Å². The Hall–Kier alpha value is -3.80. The van der Waals surface area contributed by atoms with Crippen LogP contribution < -0.4 is 20.1 Å². The second-order valence-electron chi connectivity index (χ2n) is 7.06. The molecule has 6 heteroatoms. The van der Waals surface area contributed by atoms with Gasteiger partial charge in [-0.3, -0.25) is 9.59 Å². The van der Waals surface area contributed by atoms with Crippen LogP contribution in [0.1, 0.15) is 26.3 Å². The highest BCUT2D eigenvalue weighted by Crippen LogP contribution is 2.30. The van der Waals surface area contributed by atoms with E-state index in [0.29, 0.717) is 41.5 Å². The van der Waals surface area contributed by atoms with Crippen LogP contribution in [0.25, 0.3) is 0 Å². The minimum Gasteiger partial charge on any atom is -0.486 e. The van der Waals surface area contributed by atoms with Crippen molar-refractivity contribution in [1.29, 1.82) is 0 Å². The van der Waals surface area contributed by atoms with Crippen LogP contribution in [0.2, 0.25) is 0 Å². The van der Waals surface area contributed by atoms with Gasteiger partial charge in [-0.25, -0.2) is 0 Å². The van der Waals surface area contributed by atoms with Crippen molar-refractivity contribution in [1.82, 2.24) is 5.32 Å². The van der Waals surface area contributed by atoms with Gasteiger partial charge in [-0.1, -0.05) is 36.4 Å². The van der Waals surface area contributed by atoms with Gasteiger partial charge in [0.1, 0.15) is 12.7 Å². The normalized spacial score (nSPS) is 14.6. The molecule has 0 aromatic heterocycles. The van der Waals surface area contributed by atoms with Gasteiger partial charge in [-0.2, -0.15) is 0 Å². The van der Waals surface area contributed by atoms with Gasteiger partial charge in [0.25, 0.3) is 11.8 Å². The average Bonchev–Trinajstić information content (AvgIpc) is 2.79. The number of rotatable bonds is 5. The molecule has 0 saturated heterocycles. The minimum atomic E-state index is -0.272. The number of anilines is 1. The van der Waals surface area contributed by atoms with E-state index in [1.165, 1.54) is 0 Å². The van der Waals surface area contributed by atoms with E-state index in [2.05, 4.69) is 10.6 Å². The molecule has 1 aliphatic rings. The van der Waals surface area contributed by atoms with E-state index in [0.717, 1.165) is 5.56 Å². The summed E-state index contributed by atoms with van der Waals surface area (Å²) in [5, 5.41) is 5.75. The fourth-order valence-electron chi connectivity index (χ4n) is 3.15. The molecule has 3 aromatic rings. The van der Waals surface area contributed by atoms with E-state index in [4.69, 9.17) is 9.47 Å². The molecule has 0 spiro atoms. The molecule has 0 aliphatic carbocycles. The van der Waals surface area contributed by atoms with E-state index in [-0.39, 0.29) is 17.9 Å². The first-order valence-electron chi connectivity index (χ1n) is 9.74. The number of hydrogen-bond donors (Lipinski definition) is 2. The Morgan fingerprint density at radius 3 is 2.43 bits per heavy atom. The molecule has 4 rings (SSSR count). The standard InChI is InChI=1S/C24H22N2O4/c1-16-11-12-18(13-20(16)26-24(28)17-7-3-2-4-8-17)23(27)25-14-19-15-29-21-9-5-6-10-22(21)30-19/h2-13,19H,14-15H2,1H3,(H,25,27)(H,26,28). The van der Waals surface area contributed by atoms with E-state index in [1.807, 2.05) is 43.3 Å². The molecule has 0 saturated carbocycles. The Morgan fingerprint density at radius 2 is 1.63 bits per heavy atom. The summed E-state index contributed by atoms with van der Waals surface area (Å²) >= 11 is 0. The van der Waals surface area contributed by atoms with Gasteiger partial charge in [0.05, 0.1) is 6.54 Å². The van der Waals surface area contributed by atoms with Crippen molar-refractivity contribution in [2.75, 3.05) is 18.5 Å². The second kappa shape index (κ2) is 8.69. The predicted molar refractivity (Wildman–Crippen MR) is 114 cm³/mol. The number of carbonyl (C=O) groups excluding carboxylic acids is 2. The van der Waals surface area contributed by atoms with Crippen molar-refractivity contribution < 1.29 is 19.1 Å². The summed E-state index contributed by atoms with van der Waals surface area (Å²) in [6.45, 7) is 2.56. The number of amides is 2. The molecule has 1 unspecified atom stereocenters. The molecule has 6 nitrogen and oxygen atoms in total. The van der Waals surface area contributed by atoms with Crippen molar-refractivity contribution in [2.24, 2.45) is 0 Å². The number of carbonyl (C=O) groups is 2. The van der Waals surface area contributed by atoms with Crippen LogP contribution in [-0.2, 0) is 0 Å². The average molecular weight is 402 g/mol. The second-order valence-corrected chi connectivity index (χ2v) is 7.06. The predicted octanol–water partition coefficient (Wildman–Crippen LogP) is 3.82. The summed E-state index contributed by atoms with van der Waals surface area (Å²) < 4.78 is 11.5. The lowest BCUT2D eigenvalue weighted by Gasteiger charge is -2.26. The molecule has 2 amide bonds. The summed E-state index contributed by atoms with van der Waals surface area (Å²) in [6.07, 6.45) is -0.272. The van der Waals surface area contributed by atoms with E-state index >= 15 is 0 Å². The van der Waals surface area contributed by atoms with Gasteiger partial charge in [0.2, 0.25) is 0 Å². The van der Waals surface area contributed by atoms with E-state index in [1.54, 1.807) is 36.4 Å². The Bertz CT molecular complexity index is 1070. The third-order valence-corrected chi connectivity index (χ3v) is 4.84. The minimum absolute atomic E-state index is 0.220. The molecular weight excluding hydrogens is 380 g/mol. The van der Waals surface area contributed by atoms with Gasteiger partial charge in [-0.15, -0.1) is 0 Å². The molecular formula is C24H22N2O4. The third kappa shape index (κ3) is 4.43. The highest BCUT2D eigenvalue weighted by molar-refractivity contribution is 6.05. The quantitative estimate of drug-likeness (QED) is 0.680. The lowest BCUT2D eigenvalue weighted by Crippen LogP contribution is -2.40. The van der Waals surface area contributed by atoms with Crippen molar-refractivity contribution in [3.63, 3.8) is 0 Å². The fourth-order valence-corrected chi connectivity index (χ4v) is 3.15. The van der Waals surface area contributed by atoms with Gasteiger partial charge in [-0.05, 0) is 48.9 Å². The fraction of sp³-hybridized carbons (Fsp3) is 0.167. The lowest BCUT2D eigenvalue weighted by atomic mass is 10.1. The van der Waals surface area contributed by atoms with Crippen LogP contribution in [0.15, 0.2) is 72.8 Å². The maximum atomic E-state index is 12.6. The van der Waals surface area contributed by atoms with Crippen molar-refractivity contribution in [3.05, 3.63) is 89.5 Å². The van der Waals surface area contributed by atoms with Crippen LogP contribution in [0.4, 0.5) is 5.69 Å². The summed E-state index contributed by atoms with van der Waals surface area (Å²) in [7, 11) is 0. The maximum absolute atomic E-state index is 12.6. The van der Waals surface area contributed by atoms with E-state index in [9.17, 15) is 9.59 Å². The number of fused-ring (bicyclic) bond motifs is 1. The highest BCUT2D eigenvalue weighted by atomic mass is 16.6. The topological polar surface area (TPSA) is 76.7 Å². The van der Waals surface area contributed by atoms with Gasteiger partial charge < -0.3 is 20.1 Å². The van der Waals surface area contributed by atoms with Crippen LogP contribution in [-0.4, -0.2) is 31.1 Å². The largest absolute Gasteiger partial charge is 0.486 e. The molecule has 1 aliphatic heterocycles. The zero-order valence-electron chi connectivity index (χ0n) is 16.6. The van der Waals surface area contributed by atoms with E-state index < -0.39 is 0 Å². The summed E-state index contributed by atoms with van der Waals surface area (Å²) in [5.74, 6) is 0.914. The third-order valence-electron chi connectivity index (χ3n) is 4.84. The van der Waals surface area contributed by atoms with Crippen LogP contribution in [0.3, 0.4) is 0 Å². The Labute approximate surface area is 174 Å². The molecule has 0 bridgehead atoms. The van der Waals surface area contributed by atoms with Gasteiger partial charge in [0, 0.05) is 16.8 Å². The smallest absolute Gasteiger partial charge is 0.255 e. The lowest BCUT2D eigenvalue weighted by molar-refractivity contribution is 0.0789. The van der Waals surface area contributed by atoms with Gasteiger partial charge in [0.15, 0.2) is 11.5 Å². The number of aryl methyl sites for hydroxylation is 1. The molecule has 30 heavy (non-hydrogen) atoms. The number of para-hydroxylation sites is 2. The van der Waals surface area contributed by atoms with Crippen molar-refractivity contribution in [2.45, 2.75) is 13.0 Å². The molecule has 1 heterocycles. The Kier molecular flexibility index (Phi) is 5.66. The summed E-state index contributed by atoms with van der Waals surface area (Å²) in [4.78, 5) is 25.1. The monoisotopic (exact) mass is 402 g/mol. The Balaban J connectivity index is 1.39. The number of ether oxygens (including phenoxy) is 2.